The van der Waals surface area contributed by atoms with Crippen molar-refractivity contribution in [1.82, 2.24) is 9.80 Å². The normalized spacial score (nSPS) is 31.6. The minimum atomic E-state index is 0.0679. The molecule has 3 nitrogen and oxygen atoms in total. The van der Waals surface area contributed by atoms with Crippen molar-refractivity contribution < 1.29 is 4.79 Å². The summed E-state index contributed by atoms with van der Waals surface area (Å²) in [4.78, 5) is 16.8. The molecule has 0 saturated carbocycles. The molecule has 2 fully saturated rings. The Morgan fingerprint density at radius 2 is 2.00 bits per heavy atom. The van der Waals surface area contributed by atoms with E-state index in [0.29, 0.717) is 22.7 Å². The molecule has 0 spiro atoms. The molecule has 2 aliphatic rings. The van der Waals surface area contributed by atoms with Crippen LogP contribution in [-0.4, -0.2) is 39.7 Å². The number of hydrogen-bond acceptors (Lipinski definition) is 4. The van der Waals surface area contributed by atoms with Crippen LogP contribution in [0.3, 0.4) is 0 Å². The zero-order valence-corrected chi connectivity index (χ0v) is 12.8. The van der Waals surface area contributed by atoms with Crippen molar-refractivity contribution in [3.8, 4) is 0 Å². The molecule has 0 bridgehead atoms. The van der Waals surface area contributed by atoms with E-state index in [9.17, 15) is 4.79 Å². The van der Waals surface area contributed by atoms with E-state index >= 15 is 0 Å². The molecule has 0 aromatic heterocycles. The van der Waals surface area contributed by atoms with Crippen molar-refractivity contribution in [2.75, 3.05) is 19.6 Å². The maximum absolute atomic E-state index is 12.1. The molecular formula is C13H20N2OS2. The zero-order valence-electron chi connectivity index (χ0n) is 11.2. The van der Waals surface area contributed by atoms with Gasteiger partial charge in [0, 0.05) is 25.8 Å². The lowest BCUT2D eigenvalue weighted by Gasteiger charge is -2.34. The molecule has 1 amide bonds. The Labute approximate surface area is 119 Å². The average molecular weight is 284 g/mol. The molecule has 2 rings (SSSR count). The van der Waals surface area contributed by atoms with E-state index in [4.69, 9.17) is 12.2 Å². The first-order valence-electron chi connectivity index (χ1n) is 6.50. The highest BCUT2D eigenvalue weighted by molar-refractivity contribution is 8.26. The number of rotatable bonds is 2. The smallest absolute Gasteiger partial charge is 0.267 e. The summed E-state index contributed by atoms with van der Waals surface area (Å²) in [5.74, 6) is 1.46. The van der Waals surface area contributed by atoms with Crippen molar-refractivity contribution in [2.45, 2.75) is 27.2 Å². The van der Waals surface area contributed by atoms with Crippen LogP contribution in [0.25, 0.3) is 0 Å². The van der Waals surface area contributed by atoms with E-state index in [0.717, 1.165) is 18.0 Å². The van der Waals surface area contributed by atoms with Gasteiger partial charge in [0.05, 0.1) is 4.91 Å². The second-order valence-corrected chi connectivity index (χ2v) is 6.99. The molecule has 2 heterocycles. The van der Waals surface area contributed by atoms with Gasteiger partial charge in [0.2, 0.25) is 0 Å². The van der Waals surface area contributed by atoms with Gasteiger partial charge in [0.25, 0.3) is 5.91 Å². The molecular weight excluding hydrogens is 264 g/mol. The number of thiocarbonyl (C=S) groups is 1. The molecule has 2 atom stereocenters. The number of thioether (sulfide) groups is 1. The van der Waals surface area contributed by atoms with Gasteiger partial charge in [-0.1, -0.05) is 37.8 Å². The number of amides is 1. The molecule has 0 aromatic rings. The fraction of sp³-hybridized carbons (Fsp3) is 0.692. The molecule has 18 heavy (non-hydrogen) atoms. The van der Waals surface area contributed by atoms with Gasteiger partial charge in [0.1, 0.15) is 4.32 Å². The van der Waals surface area contributed by atoms with Gasteiger partial charge >= 0.3 is 0 Å². The number of carbonyl (C=O) groups excluding carboxylic acids is 1. The van der Waals surface area contributed by atoms with Gasteiger partial charge in [-0.3, -0.25) is 9.69 Å². The highest BCUT2D eigenvalue weighted by atomic mass is 32.2. The van der Waals surface area contributed by atoms with Crippen LogP contribution in [0.2, 0.25) is 0 Å². The molecule has 5 heteroatoms. The number of likely N-dealkylation sites (tertiary alicyclic amines) is 1. The standard InChI is InChI=1S/C13H20N2OS2/c1-4-15-12(16)11(18-13(15)17)8-14-6-9(2)5-10(3)7-14/h8-10H,4-7H2,1-3H3/b11-8-/t9-,10-/m0/s1. The van der Waals surface area contributed by atoms with Gasteiger partial charge in [-0.2, -0.15) is 0 Å². The van der Waals surface area contributed by atoms with Crippen LogP contribution in [0.5, 0.6) is 0 Å². The lowest BCUT2D eigenvalue weighted by molar-refractivity contribution is -0.122. The van der Waals surface area contributed by atoms with Crippen LogP contribution in [0.1, 0.15) is 27.2 Å². The number of carbonyl (C=O) groups is 1. The number of hydrogen-bond donors (Lipinski definition) is 0. The summed E-state index contributed by atoms with van der Waals surface area (Å²) in [6.45, 7) is 9.25. The Morgan fingerprint density at radius 1 is 1.39 bits per heavy atom. The molecule has 0 N–H and O–H groups in total. The van der Waals surface area contributed by atoms with Crippen molar-refractivity contribution in [3.63, 3.8) is 0 Å². The topological polar surface area (TPSA) is 23.6 Å². The van der Waals surface area contributed by atoms with Crippen molar-refractivity contribution >= 4 is 34.2 Å². The monoisotopic (exact) mass is 284 g/mol. The van der Waals surface area contributed by atoms with E-state index in [2.05, 4.69) is 18.7 Å². The molecule has 0 aromatic carbocycles. The van der Waals surface area contributed by atoms with Crippen LogP contribution in [0, 0.1) is 11.8 Å². The summed E-state index contributed by atoms with van der Waals surface area (Å²) in [6, 6.07) is 0. The molecule has 0 aliphatic carbocycles. The first kappa shape index (κ1) is 13.9. The molecule has 2 saturated heterocycles. The molecule has 0 radical (unpaired) electrons. The Bertz CT molecular complexity index is 384. The lowest BCUT2D eigenvalue weighted by Crippen LogP contribution is -2.35. The fourth-order valence-corrected chi connectivity index (χ4v) is 4.14. The first-order valence-corrected chi connectivity index (χ1v) is 7.73. The van der Waals surface area contributed by atoms with Crippen LogP contribution in [0.4, 0.5) is 0 Å². The summed E-state index contributed by atoms with van der Waals surface area (Å²) in [7, 11) is 0. The first-order chi connectivity index (χ1) is 8.51. The Balaban J connectivity index is 2.09. The zero-order chi connectivity index (χ0) is 13.3. The van der Waals surface area contributed by atoms with Crippen molar-refractivity contribution in [1.29, 1.82) is 0 Å². The van der Waals surface area contributed by atoms with Gasteiger partial charge in [0.15, 0.2) is 0 Å². The van der Waals surface area contributed by atoms with E-state index in [1.165, 1.54) is 18.2 Å². The largest absolute Gasteiger partial charge is 0.376 e. The third-order valence-corrected chi connectivity index (χ3v) is 4.75. The molecule has 100 valence electrons. The van der Waals surface area contributed by atoms with Crippen LogP contribution in [0.15, 0.2) is 11.1 Å². The van der Waals surface area contributed by atoms with Gasteiger partial charge in [-0.05, 0) is 25.2 Å². The third-order valence-electron chi connectivity index (χ3n) is 3.39. The third kappa shape index (κ3) is 2.88. The van der Waals surface area contributed by atoms with E-state index in [1.807, 2.05) is 13.1 Å². The summed E-state index contributed by atoms with van der Waals surface area (Å²) < 4.78 is 0.687. The quantitative estimate of drug-likeness (QED) is 0.574. The second-order valence-electron chi connectivity index (χ2n) is 5.31. The summed E-state index contributed by atoms with van der Waals surface area (Å²) in [5, 5.41) is 0. The highest BCUT2D eigenvalue weighted by Gasteiger charge is 2.32. The Hall–Kier alpha value is -0.550. The minimum Gasteiger partial charge on any atom is -0.376 e. The highest BCUT2D eigenvalue weighted by Crippen LogP contribution is 2.32. The van der Waals surface area contributed by atoms with Crippen LogP contribution in [-0.2, 0) is 4.79 Å². The summed E-state index contributed by atoms with van der Waals surface area (Å²) in [5.41, 5.74) is 0. The fourth-order valence-electron chi connectivity index (χ4n) is 2.75. The minimum absolute atomic E-state index is 0.0679. The van der Waals surface area contributed by atoms with E-state index in [1.54, 1.807) is 4.90 Å². The van der Waals surface area contributed by atoms with E-state index < -0.39 is 0 Å². The predicted molar refractivity (Wildman–Crippen MR) is 80.2 cm³/mol. The van der Waals surface area contributed by atoms with Gasteiger partial charge < -0.3 is 4.90 Å². The number of likely N-dealkylation sites (N-methyl/N-ethyl adjacent to an activating group) is 1. The Morgan fingerprint density at radius 3 is 2.50 bits per heavy atom. The lowest BCUT2D eigenvalue weighted by atomic mass is 9.92. The van der Waals surface area contributed by atoms with Crippen LogP contribution >= 0.6 is 24.0 Å². The Kier molecular flexibility index (Phi) is 4.33. The predicted octanol–water partition coefficient (Wildman–Crippen LogP) is 2.69. The number of nitrogens with zero attached hydrogens (tertiary/aromatic N) is 2. The summed E-state index contributed by atoms with van der Waals surface area (Å²) >= 11 is 6.65. The molecule has 0 unspecified atom stereocenters. The SMILES string of the molecule is CCN1C(=O)/C(=C/N2C[C@@H](C)C[C@H](C)C2)SC1=S. The van der Waals surface area contributed by atoms with Crippen LogP contribution < -0.4 is 0 Å². The maximum atomic E-state index is 12.1. The van der Waals surface area contributed by atoms with Crippen molar-refractivity contribution in [2.24, 2.45) is 11.8 Å². The maximum Gasteiger partial charge on any atom is 0.267 e. The van der Waals surface area contributed by atoms with Gasteiger partial charge in [-0.15, -0.1) is 0 Å². The number of piperidine rings is 1. The van der Waals surface area contributed by atoms with Crippen molar-refractivity contribution in [3.05, 3.63) is 11.1 Å². The van der Waals surface area contributed by atoms with Gasteiger partial charge in [-0.25, -0.2) is 0 Å². The second kappa shape index (κ2) is 5.61. The average Bonchev–Trinajstić information content (AvgIpc) is 2.52. The summed E-state index contributed by atoms with van der Waals surface area (Å²) in [6.07, 6.45) is 3.29. The molecule has 2 aliphatic heterocycles. The van der Waals surface area contributed by atoms with E-state index in [-0.39, 0.29) is 5.91 Å².